The largest absolute Gasteiger partial charge is 0.368 e. The van der Waals surface area contributed by atoms with Gasteiger partial charge in [0.15, 0.2) is 0 Å². The molecule has 8 heteroatoms. The minimum Gasteiger partial charge on any atom is -0.368 e. The summed E-state index contributed by atoms with van der Waals surface area (Å²) in [7, 11) is 0. The Labute approximate surface area is 174 Å². The first kappa shape index (κ1) is 19.7. The Hall–Kier alpha value is -2.61. The van der Waals surface area contributed by atoms with Gasteiger partial charge >= 0.3 is 0 Å². The van der Waals surface area contributed by atoms with Crippen molar-refractivity contribution in [1.29, 1.82) is 0 Å². The van der Waals surface area contributed by atoms with E-state index in [1.165, 1.54) is 4.88 Å². The molecule has 0 bridgehead atoms. The van der Waals surface area contributed by atoms with Gasteiger partial charge in [-0.25, -0.2) is 0 Å². The molecule has 0 N–H and O–H groups in total. The Bertz CT molecular complexity index is 899. The highest BCUT2D eigenvalue weighted by Gasteiger charge is 2.26. The van der Waals surface area contributed by atoms with Crippen molar-refractivity contribution < 1.29 is 9.72 Å². The lowest BCUT2D eigenvalue weighted by atomic mass is 10.2. The van der Waals surface area contributed by atoms with Crippen molar-refractivity contribution in [3.8, 4) is 0 Å². The van der Waals surface area contributed by atoms with Crippen LogP contribution >= 0.6 is 11.3 Å². The number of anilines is 2. The molecule has 1 amide bonds. The zero-order valence-corrected chi connectivity index (χ0v) is 17.5. The molecular formula is C21H26N4O3S. The van der Waals surface area contributed by atoms with Gasteiger partial charge in [-0.3, -0.25) is 14.9 Å². The molecule has 154 valence electrons. The monoisotopic (exact) mass is 414 g/mol. The fraction of sp³-hybridized carbons (Fsp3) is 0.476. The van der Waals surface area contributed by atoms with Gasteiger partial charge in [0.2, 0.25) is 0 Å². The van der Waals surface area contributed by atoms with Gasteiger partial charge in [-0.05, 0) is 43.5 Å². The lowest BCUT2D eigenvalue weighted by molar-refractivity contribution is -0.384. The Morgan fingerprint density at radius 1 is 1.03 bits per heavy atom. The molecule has 0 radical (unpaired) electrons. The third kappa shape index (κ3) is 4.07. The van der Waals surface area contributed by atoms with Gasteiger partial charge in [0.05, 0.1) is 9.80 Å². The lowest BCUT2D eigenvalue weighted by Crippen LogP contribution is -2.48. The summed E-state index contributed by atoms with van der Waals surface area (Å²) in [4.78, 5) is 32.2. The molecule has 1 aromatic heterocycles. The van der Waals surface area contributed by atoms with Gasteiger partial charge in [0, 0.05) is 55.9 Å². The van der Waals surface area contributed by atoms with Crippen molar-refractivity contribution in [3.05, 3.63) is 50.2 Å². The number of nitrogens with zero attached hydrogens (tertiary/aromatic N) is 4. The number of carbonyl (C=O) groups excluding carboxylic acids is 1. The second kappa shape index (κ2) is 8.41. The maximum Gasteiger partial charge on any atom is 0.292 e. The summed E-state index contributed by atoms with van der Waals surface area (Å²) in [6.45, 7) is 6.62. The van der Waals surface area contributed by atoms with Crippen LogP contribution in [0.2, 0.25) is 0 Å². The highest BCUT2D eigenvalue weighted by atomic mass is 32.1. The molecule has 3 heterocycles. The van der Waals surface area contributed by atoms with Gasteiger partial charge in [-0.2, -0.15) is 0 Å². The standard InChI is InChI=1S/C21H26N4O3S/c1-2-17-6-8-20(29-17)21(26)24-13-11-22(12-14-24)16-5-7-18(25(27)28)19(15-16)23-9-3-4-10-23/h5-8,15H,2-4,9-14H2,1H3. The second-order valence-corrected chi connectivity index (χ2v) is 8.69. The summed E-state index contributed by atoms with van der Waals surface area (Å²) >= 11 is 1.58. The van der Waals surface area contributed by atoms with Crippen LogP contribution in [0.25, 0.3) is 0 Å². The maximum atomic E-state index is 12.8. The Morgan fingerprint density at radius 3 is 2.38 bits per heavy atom. The third-order valence-corrected chi connectivity index (χ3v) is 6.97. The van der Waals surface area contributed by atoms with E-state index in [9.17, 15) is 14.9 Å². The Morgan fingerprint density at radius 2 is 1.76 bits per heavy atom. The van der Waals surface area contributed by atoms with Gasteiger partial charge in [0.1, 0.15) is 5.69 Å². The average molecular weight is 415 g/mol. The third-order valence-electron chi connectivity index (χ3n) is 5.76. The molecule has 0 aliphatic carbocycles. The van der Waals surface area contributed by atoms with Crippen molar-refractivity contribution in [2.45, 2.75) is 26.2 Å². The molecule has 4 rings (SSSR count). The minimum atomic E-state index is -0.292. The maximum absolute atomic E-state index is 12.8. The summed E-state index contributed by atoms with van der Waals surface area (Å²) < 4.78 is 0. The van der Waals surface area contributed by atoms with E-state index in [1.807, 2.05) is 29.2 Å². The normalized spacial score (nSPS) is 17.1. The van der Waals surface area contributed by atoms with Crippen LogP contribution in [0.5, 0.6) is 0 Å². The van der Waals surface area contributed by atoms with E-state index in [1.54, 1.807) is 17.4 Å². The van der Waals surface area contributed by atoms with Crippen LogP contribution in [0.3, 0.4) is 0 Å². The number of benzene rings is 1. The molecule has 2 aromatic rings. The van der Waals surface area contributed by atoms with E-state index in [0.29, 0.717) is 18.8 Å². The molecule has 29 heavy (non-hydrogen) atoms. The first-order valence-electron chi connectivity index (χ1n) is 10.2. The van der Waals surface area contributed by atoms with E-state index in [2.05, 4.69) is 16.7 Å². The smallest absolute Gasteiger partial charge is 0.292 e. The van der Waals surface area contributed by atoms with Crippen molar-refractivity contribution >= 4 is 34.3 Å². The number of carbonyl (C=O) groups is 1. The second-order valence-electron chi connectivity index (χ2n) is 7.52. The van der Waals surface area contributed by atoms with Crippen LogP contribution < -0.4 is 9.80 Å². The quantitative estimate of drug-likeness (QED) is 0.550. The highest BCUT2D eigenvalue weighted by molar-refractivity contribution is 7.14. The van der Waals surface area contributed by atoms with Crippen LogP contribution in [0.4, 0.5) is 17.1 Å². The van der Waals surface area contributed by atoms with Crippen molar-refractivity contribution in [3.63, 3.8) is 0 Å². The zero-order valence-electron chi connectivity index (χ0n) is 16.7. The van der Waals surface area contributed by atoms with Crippen LogP contribution in [-0.4, -0.2) is 55.0 Å². The number of hydrogen-bond donors (Lipinski definition) is 0. The topological polar surface area (TPSA) is 69.9 Å². The van der Waals surface area contributed by atoms with Crippen LogP contribution in [0.1, 0.15) is 34.3 Å². The molecule has 2 saturated heterocycles. The van der Waals surface area contributed by atoms with Crippen molar-refractivity contribution in [1.82, 2.24) is 4.90 Å². The predicted octanol–water partition coefficient (Wildman–Crippen LogP) is 3.78. The minimum absolute atomic E-state index is 0.107. The van der Waals surface area contributed by atoms with Crippen LogP contribution in [0.15, 0.2) is 30.3 Å². The molecule has 2 aliphatic heterocycles. The zero-order chi connectivity index (χ0) is 20.4. The first-order chi connectivity index (χ1) is 14.1. The van der Waals surface area contributed by atoms with Crippen molar-refractivity contribution in [2.75, 3.05) is 49.1 Å². The number of nitro groups is 1. The van der Waals surface area contributed by atoms with Crippen LogP contribution in [0, 0.1) is 10.1 Å². The summed E-state index contributed by atoms with van der Waals surface area (Å²) in [5.41, 5.74) is 1.89. The number of nitro benzene ring substituents is 1. The number of amides is 1. The van der Waals surface area contributed by atoms with Crippen molar-refractivity contribution in [2.24, 2.45) is 0 Å². The summed E-state index contributed by atoms with van der Waals surface area (Å²) in [6.07, 6.45) is 3.10. The molecule has 0 atom stereocenters. The lowest BCUT2D eigenvalue weighted by Gasteiger charge is -2.36. The molecule has 2 aliphatic rings. The highest BCUT2D eigenvalue weighted by Crippen LogP contribution is 2.35. The van der Waals surface area contributed by atoms with E-state index in [4.69, 9.17) is 0 Å². The molecule has 0 unspecified atom stereocenters. The molecule has 0 spiro atoms. The summed E-state index contributed by atoms with van der Waals surface area (Å²) in [5.74, 6) is 0.107. The molecule has 7 nitrogen and oxygen atoms in total. The SMILES string of the molecule is CCc1ccc(C(=O)N2CCN(c3ccc([N+](=O)[O-])c(N4CCCC4)c3)CC2)s1. The van der Waals surface area contributed by atoms with E-state index in [0.717, 1.165) is 56.0 Å². The molecule has 2 fully saturated rings. The molecule has 0 saturated carbocycles. The first-order valence-corrected chi connectivity index (χ1v) is 11.0. The van der Waals surface area contributed by atoms with Gasteiger partial charge in [-0.1, -0.05) is 6.92 Å². The van der Waals surface area contributed by atoms with Gasteiger partial charge in [-0.15, -0.1) is 11.3 Å². The van der Waals surface area contributed by atoms with Gasteiger partial charge in [0.25, 0.3) is 11.6 Å². The molecule has 1 aromatic carbocycles. The van der Waals surface area contributed by atoms with E-state index >= 15 is 0 Å². The predicted molar refractivity (Wildman–Crippen MR) is 116 cm³/mol. The number of hydrogen-bond acceptors (Lipinski definition) is 6. The fourth-order valence-corrected chi connectivity index (χ4v) is 5.00. The van der Waals surface area contributed by atoms with E-state index < -0.39 is 0 Å². The summed E-state index contributed by atoms with van der Waals surface area (Å²) in [6, 6.07) is 9.37. The number of piperazine rings is 1. The molecular weight excluding hydrogens is 388 g/mol. The summed E-state index contributed by atoms with van der Waals surface area (Å²) in [5, 5.41) is 11.5. The van der Waals surface area contributed by atoms with E-state index in [-0.39, 0.29) is 16.5 Å². The van der Waals surface area contributed by atoms with Crippen LogP contribution in [-0.2, 0) is 6.42 Å². The number of aryl methyl sites for hydroxylation is 1. The van der Waals surface area contributed by atoms with Gasteiger partial charge < -0.3 is 14.7 Å². The number of thiophene rings is 1. The fourth-order valence-electron chi connectivity index (χ4n) is 4.08. The average Bonchev–Trinajstić information content (AvgIpc) is 3.45. The Kier molecular flexibility index (Phi) is 5.71. The Balaban J connectivity index is 1.46. The number of rotatable bonds is 5.